The number of rotatable bonds is 11. The van der Waals surface area contributed by atoms with E-state index >= 15 is 0 Å². The Labute approximate surface area is 183 Å². The third-order valence-corrected chi connectivity index (χ3v) is 4.86. The zero-order valence-corrected chi connectivity index (χ0v) is 17.5. The number of hydrogen-bond acceptors (Lipinski definition) is 5. The Bertz CT molecular complexity index is 905. The second-order valence-electron chi connectivity index (χ2n) is 7.17. The summed E-state index contributed by atoms with van der Waals surface area (Å²) in [5.41, 5.74) is 9.57. The molecule has 3 rings (SSSR count). The highest BCUT2D eigenvalue weighted by molar-refractivity contribution is 5.82. The number of ether oxygens (including phenoxy) is 2. The number of carbonyl (C=O) groups excluding carboxylic acids is 1. The van der Waals surface area contributed by atoms with Crippen LogP contribution in [0.25, 0.3) is 0 Å². The van der Waals surface area contributed by atoms with E-state index in [1.54, 1.807) is 6.20 Å². The molecule has 0 unspecified atom stereocenters. The van der Waals surface area contributed by atoms with Crippen LogP contribution in [0.5, 0.6) is 0 Å². The van der Waals surface area contributed by atoms with Crippen molar-refractivity contribution in [3.8, 4) is 0 Å². The van der Waals surface area contributed by atoms with Gasteiger partial charge in [-0.1, -0.05) is 66.7 Å². The first kappa shape index (κ1) is 22.2. The molecule has 5 heteroatoms. The first-order chi connectivity index (χ1) is 15.2. The smallest absolute Gasteiger partial charge is 0.332 e. The lowest BCUT2D eigenvalue weighted by molar-refractivity contribution is -0.138. The van der Waals surface area contributed by atoms with Crippen molar-refractivity contribution in [1.29, 1.82) is 0 Å². The first-order valence-electron chi connectivity index (χ1n) is 10.4. The molecule has 3 aromatic rings. The third-order valence-electron chi connectivity index (χ3n) is 4.86. The summed E-state index contributed by atoms with van der Waals surface area (Å²) >= 11 is 0. The van der Waals surface area contributed by atoms with Crippen molar-refractivity contribution in [2.45, 2.75) is 18.8 Å². The van der Waals surface area contributed by atoms with Gasteiger partial charge in [-0.2, -0.15) is 0 Å². The Morgan fingerprint density at radius 2 is 1.55 bits per heavy atom. The quantitative estimate of drug-likeness (QED) is 0.287. The molecule has 2 aromatic carbocycles. The van der Waals surface area contributed by atoms with Crippen LogP contribution in [0.2, 0.25) is 0 Å². The van der Waals surface area contributed by atoms with E-state index in [9.17, 15) is 4.79 Å². The van der Waals surface area contributed by atoms with Crippen LogP contribution in [0.15, 0.2) is 96.8 Å². The Morgan fingerprint density at radius 1 is 0.903 bits per heavy atom. The number of carbonyl (C=O) groups is 1. The van der Waals surface area contributed by atoms with Gasteiger partial charge in [-0.25, -0.2) is 4.79 Å². The summed E-state index contributed by atoms with van der Waals surface area (Å²) in [6.07, 6.45) is 4.42. The zero-order valence-electron chi connectivity index (χ0n) is 17.5. The molecule has 1 heterocycles. The molecule has 0 radical (unpaired) electrons. The predicted octanol–water partition coefficient (Wildman–Crippen LogP) is 4.25. The van der Waals surface area contributed by atoms with E-state index in [0.29, 0.717) is 31.8 Å². The largest absolute Gasteiger partial charge is 0.462 e. The molecule has 0 aliphatic heterocycles. The summed E-state index contributed by atoms with van der Waals surface area (Å²) in [7, 11) is 0. The first-order valence-corrected chi connectivity index (χ1v) is 10.4. The summed E-state index contributed by atoms with van der Waals surface area (Å²) in [4.78, 5) is 16.4. The highest BCUT2D eigenvalue weighted by atomic mass is 16.5. The molecular weight excluding hydrogens is 388 g/mol. The van der Waals surface area contributed by atoms with E-state index in [2.05, 4.69) is 29.2 Å². The summed E-state index contributed by atoms with van der Waals surface area (Å²) < 4.78 is 10.9. The van der Waals surface area contributed by atoms with Crippen LogP contribution in [-0.2, 0) is 20.7 Å². The molecule has 31 heavy (non-hydrogen) atoms. The summed E-state index contributed by atoms with van der Waals surface area (Å²) in [5, 5.41) is 0. The number of nitrogens with two attached hydrogens (primary N) is 1. The fraction of sp³-hybridized carbons (Fsp3) is 0.231. The number of hydrogen-bond donors (Lipinski definition) is 1. The van der Waals surface area contributed by atoms with E-state index in [1.165, 1.54) is 17.2 Å². The normalized spacial score (nSPS) is 11.5. The minimum absolute atomic E-state index is 0.159. The van der Waals surface area contributed by atoms with Gasteiger partial charge in [0.1, 0.15) is 0 Å². The van der Waals surface area contributed by atoms with Gasteiger partial charge in [0, 0.05) is 36.0 Å². The predicted molar refractivity (Wildman–Crippen MR) is 121 cm³/mol. The topological polar surface area (TPSA) is 74.4 Å². The van der Waals surface area contributed by atoms with Crippen molar-refractivity contribution in [2.75, 3.05) is 19.8 Å². The van der Waals surface area contributed by atoms with E-state index in [4.69, 9.17) is 15.2 Å². The van der Waals surface area contributed by atoms with E-state index < -0.39 is 5.97 Å². The fourth-order valence-electron chi connectivity index (χ4n) is 3.32. The van der Waals surface area contributed by atoms with Gasteiger partial charge < -0.3 is 15.2 Å². The second kappa shape index (κ2) is 12.3. The van der Waals surface area contributed by atoms with Crippen LogP contribution in [0, 0.1) is 0 Å². The molecule has 0 aliphatic carbocycles. The second-order valence-corrected chi connectivity index (χ2v) is 7.17. The third kappa shape index (κ3) is 7.72. The molecule has 2 N–H and O–H groups in total. The number of pyridine rings is 1. The van der Waals surface area contributed by atoms with Crippen molar-refractivity contribution in [2.24, 2.45) is 5.73 Å². The standard InChI is InChI=1S/C26H28N2O3/c27-23(20-30-17-14-24-13-7-8-16-28-24)19-26(29)31-18-15-25(21-9-3-1-4-10-21)22-11-5-2-6-12-22/h1-13,16,19,25H,14-15,17-18,20,27H2. The molecule has 0 atom stereocenters. The van der Waals surface area contributed by atoms with Crippen LogP contribution in [0.4, 0.5) is 0 Å². The zero-order chi connectivity index (χ0) is 21.7. The molecule has 5 nitrogen and oxygen atoms in total. The van der Waals surface area contributed by atoms with Gasteiger partial charge >= 0.3 is 5.97 Å². The molecule has 0 fully saturated rings. The number of benzene rings is 2. The fourth-order valence-corrected chi connectivity index (χ4v) is 3.32. The lowest BCUT2D eigenvalue weighted by atomic mass is 9.89. The molecule has 0 aliphatic rings. The molecule has 0 saturated carbocycles. The average molecular weight is 417 g/mol. The Hall–Kier alpha value is -3.44. The lowest BCUT2D eigenvalue weighted by Gasteiger charge is -2.18. The van der Waals surface area contributed by atoms with Crippen LogP contribution in [0.1, 0.15) is 29.2 Å². The maximum atomic E-state index is 12.1. The van der Waals surface area contributed by atoms with E-state index in [1.807, 2.05) is 54.6 Å². The molecule has 160 valence electrons. The monoisotopic (exact) mass is 416 g/mol. The molecule has 0 saturated heterocycles. The van der Waals surface area contributed by atoms with Crippen molar-refractivity contribution in [3.63, 3.8) is 0 Å². The Balaban J connectivity index is 1.44. The van der Waals surface area contributed by atoms with Crippen LogP contribution in [0.3, 0.4) is 0 Å². The van der Waals surface area contributed by atoms with Crippen molar-refractivity contribution >= 4 is 5.97 Å². The van der Waals surface area contributed by atoms with E-state index in [0.717, 1.165) is 5.69 Å². The van der Waals surface area contributed by atoms with Crippen LogP contribution >= 0.6 is 0 Å². The summed E-state index contributed by atoms with van der Waals surface area (Å²) in [6, 6.07) is 26.2. The van der Waals surface area contributed by atoms with Gasteiger partial charge in [0.15, 0.2) is 0 Å². The molecule has 0 spiro atoms. The number of esters is 1. The van der Waals surface area contributed by atoms with Gasteiger partial charge in [0.05, 0.1) is 19.8 Å². The number of aromatic nitrogens is 1. The minimum atomic E-state index is -0.453. The lowest BCUT2D eigenvalue weighted by Crippen LogP contribution is -2.13. The SMILES string of the molecule is NC(=CC(=O)OCCC(c1ccccc1)c1ccccc1)COCCc1ccccn1. The molecule has 0 bridgehead atoms. The van der Waals surface area contributed by atoms with Gasteiger partial charge in [-0.15, -0.1) is 0 Å². The summed E-state index contributed by atoms with van der Waals surface area (Å²) in [5.74, 6) is -0.294. The summed E-state index contributed by atoms with van der Waals surface area (Å²) in [6.45, 7) is 0.965. The maximum Gasteiger partial charge on any atom is 0.332 e. The highest BCUT2D eigenvalue weighted by Gasteiger charge is 2.14. The van der Waals surface area contributed by atoms with Gasteiger partial charge in [0.2, 0.25) is 0 Å². The van der Waals surface area contributed by atoms with E-state index in [-0.39, 0.29) is 12.5 Å². The van der Waals surface area contributed by atoms with Gasteiger partial charge in [-0.05, 0) is 29.7 Å². The molecule has 0 amide bonds. The Morgan fingerprint density at radius 3 is 2.16 bits per heavy atom. The van der Waals surface area contributed by atoms with Gasteiger partial charge in [-0.3, -0.25) is 4.98 Å². The van der Waals surface area contributed by atoms with Gasteiger partial charge in [0.25, 0.3) is 0 Å². The molecule has 1 aromatic heterocycles. The van der Waals surface area contributed by atoms with Crippen molar-refractivity contribution < 1.29 is 14.3 Å². The highest BCUT2D eigenvalue weighted by Crippen LogP contribution is 2.27. The van der Waals surface area contributed by atoms with Crippen LogP contribution < -0.4 is 5.73 Å². The van der Waals surface area contributed by atoms with Crippen molar-refractivity contribution in [1.82, 2.24) is 4.98 Å². The van der Waals surface area contributed by atoms with Crippen molar-refractivity contribution in [3.05, 3.63) is 114 Å². The minimum Gasteiger partial charge on any atom is -0.462 e. The Kier molecular flexibility index (Phi) is 8.83. The van der Waals surface area contributed by atoms with Crippen LogP contribution in [-0.4, -0.2) is 30.8 Å². The molecular formula is C26H28N2O3. The maximum absolute atomic E-state index is 12.1. The average Bonchev–Trinajstić information content (AvgIpc) is 2.81. The number of nitrogens with zero attached hydrogens (tertiary/aromatic N) is 1.